The fourth-order valence-corrected chi connectivity index (χ4v) is 2.03. The molecular formula is C11H13N3O2S. The van der Waals surface area contributed by atoms with Gasteiger partial charge in [-0.1, -0.05) is 11.8 Å². The molecule has 17 heavy (non-hydrogen) atoms. The third-order valence-corrected chi connectivity index (χ3v) is 3.57. The first-order valence-electron chi connectivity index (χ1n) is 4.96. The molecule has 0 amide bonds. The molecule has 1 rings (SSSR count). The van der Waals surface area contributed by atoms with Gasteiger partial charge in [-0.25, -0.2) is 0 Å². The zero-order valence-electron chi connectivity index (χ0n) is 10.1. The van der Waals surface area contributed by atoms with Gasteiger partial charge in [-0.05, 0) is 33.3 Å². The lowest BCUT2D eigenvalue weighted by atomic mass is 10.1. The second kappa shape index (κ2) is 4.72. The van der Waals surface area contributed by atoms with Crippen LogP contribution >= 0.6 is 11.8 Å². The molecule has 6 heteroatoms. The molecule has 0 radical (unpaired) electrons. The predicted octanol–water partition coefficient (Wildman–Crippen LogP) is 1.92. The summed E-state index contributed by atoms with van der Waals surface area (Å²) in [6.45, 7) is 6.68. The van der Waals surface area contributed by atoms with Gasteiger partial charge >= 0.3 is 5.97 Å². The van der Waals surface area contributed by atoms with Gasteiger partial charge in [0.1, 0.15) is 15.8 Å². The molecule has 1 aromatic rings. The summed E-state index contributed by atoms with van der Waals surface area (Å²) >= 11 is 1.03. The van der Waals surface area contributed by atoms with E-state index < -0.39 is 10.7 Å². The smallest absolute Gasteiger partial charge is 0.319 e. The van der Waals surface area contributed by atoms with Crippen LogP contribution in [0, 0.1) is 25.2 Å². The van der Waals surface area contributed by atoms with Crippen LogP contribution in [0.15, 0.2) is 5.03 Å². The van der Waals surface area contributed by atoms with E-state index in [4.69, 9.17) is 10.4 Å². The maximum atomic E-state index is 11.0. The van der Waals surface area contributed by atoms with Crippen LogP contribution in [-0.2, 0) is 4.79 Å². The largest absolute Gasteiger partial charge is 0.480 e. The van der Waals surface area contributed by atoms with E-state index in [-0.39, 0.29) is 0 Å². The Morgan fingerprint density at radius 3 is 2.47 bits per heavy atom. The van der Waals surface area contributed by atoms with Crippen molar-refractivity contribution in [1.82, 2.24) is 10.2 Å². The lowest BCUT2D eigenvalue weighted by Crippen LogP contribution is -2.27. The molecule has 0 saturated heterocycles. The first-order chi connectivity index (χ1) is 7.79. The fourth-order valence-electron chi connectivity index (χ4n) is 1.08. The number of hydrogen-bond acceptors (Lipinski definition) is 5. The number of carbonyl (C=O) groups is 1. The number of hydrogen-bond donors (Lipinski definition) is 1. The normalized spacial score (nSPS) is 11.0. The van der Waals surface area contributed by atoms with Crippen LogP contribution in [0.2, 0.25) is 0 Å². The van der Waals surface area contributed by atoms with Crippen LogP contribution < -0.4 is 0 Å². The molecule has 5 nitrogen and oxygen atoms in total. The third kappa shape index (κ3) is 2.74. The molecule has 0 spiro atoms. The second-order valence-electron chi connectivity index (χ2n) is 4.12. The van der Waals surface area contributed by atoms with Gasteiger partial charge in [0.25, 0.3) is 0 Å². The van der Waals surface area contributed by atoms with Crippen molar-refractivity contribution in [1.29, 1.82) is 5.26 Å². The van der Waals surface area contributed by atoms with Crippen molar-refractivity contribution in [3.63, 3.8) is 0 Å². The van der Waals surface area contributed by atoms with E-state index in [2.05, 4.69) is 10.2 Å². The summed E-state index contributed by atoms with van der Waals surface area (Å²) in [7, 11) is 0. The number of aliphatic carboxylic acids is 1. The molecule has 0 unspecified atom stereocenters. The highest BCUT2D eigenvalue weighted by Gasteiger charge is 2.31. The molecule has 0 aliphatic heterocycles. The van der Waals surface area contributed by atoms with E-state index in [1.165, 1.54) is 0 Å². The van der Waals surface area contributed by atoms with Crippen molar-refractivity contribution < 1.29 is 9.90 Å². The van der Waals surface area contributed by atoms with Crippen LogP contribution in [0.1, 0.15) is 30.7 Å². The van der Waals surface area contributed by atoms with Crippen molar-refractivity contribution in [3.8, 4) is 6.07 Å². The number of carboxylic acids is 1. The molecule has 0 aliphatic carbocycles. The first kappa shape index (κ1) is 13.5. The van der Waals surface area contributed by atoms with E-state index in [1.54, 1.807) is 27.7 Å². The number of aromatic nitrogens is 2. The number of nitrogens with zero attached hydrogens (tertiary/aromatic N) is 3. The number of carboxylic acid groups (broad SMARTS) is 1. The maximum Gasteiger partial charge on any atom is 0.319 e. The van der Waals surface area contributed by atoms with E-state index in [1.807, 2.05) is 6.07 Å². The summed E-state index contributed by atoms with van der Waals surface area (Å²) < 4.78 is -1.04. The van der Waals surface area contributed by atoms with Crippen LogP contribution in [0.25, 0.3) is 0 Å². The average Bonchev–Trinajstić information content (AvgIpc) is 2.23. The summed E-state index contributed by atoms with van der Waals surface area (Å²) in [5.74, 6) is -0.952. The Morgan fingerprint density at radius 1 is 1.41 bits per heavy atom. The fraction of sp³-hybridized carbons (Fsp3) is 0.455. The molecule has 90 valence electrons. The van der Waals surface area contributed by atoms with Crippen LogP contribution in [0.3, 0.4) is 0 Å². The lowest BCUT2D eigenvalue weighted by molar-refractivity contribution is -0.138. The Morgan fingerprint density at radius 2 is 2.00 bits per heavy atom. The van der Waals surface area contributed by atoms with Gasteiger partial charge in [0.15, 0.2) is 0 Å². The van der Waals surface area contributed by atoms with Gasteiger partial charge in [-0.2, -0.15) is 10.4 Å². The molecule has 0 atom stereocenters. The predicted molar refractivity (Wildman–Crippen MR) is 63.8 cm³/mol. The summed E-state index contributed by atoms with van der Waals surface area (Å²) in [5.41, 5.74) is 1.82. The molecule has 0 aromatic carbocycles. The molecule has 0 fully saturated rings. The summed E-state index contributed by atoms with van der Waals surface area (Å²) in [6.07, 6.45) is 0. The van der Waals surface area contributed by atoms with Crippen molar-refractivity contribution in [2.45, 2.75) is 37.5 Å². The molecule has 0 aliphatic rings. The minimum atomic E-state index is -1.04. The van der Waals surface area contributed by atoms with Crippen LogP contribution in [-0.4, -0.2) is 26.0 Å². The maximum absolute atomic E-state index is 11.0. The third-order valence-electron chi connectivity index (χ3n) is 2.40. The SMILES string of the molecule is Cc1nnc(SC(C)(C)C(=O)O)c(C#N)c1C. The summed E-state index contributed by atoms with van der Waals surface area (Å²) in [5, 5.41) is 26.3. The Balaban J connectivity index is 3.22. The van der Waals surface area contributed by atoms with E-state index in [0.29, 0.717) is 16.3 Å². The zero-order chi connectivity index (χ0) is 13.2. The van der Waals surface area contributed by atoms with Crippen molar-refractivity contribution in [2.24, 2.45) is 0 Å². The van der Waals surface area contributed by atoms with Crippen molar-refractivity contribution >= 4 is 17.7 Å². The summed E-state index contributed by atoms with van der Waals surface area (Å²) in [4.78, 5) is 11.0. The van der Waals surface area contributed by atoms with Gasteiger partial charge in [0, 0.05) is 0 Å². The Labute approximate surface area is 104 Å². The monoisotopic (exact) mass is 251 g/mol. The molecule has 0 bridgehead atoms. The molecule has 1 N–H and O–H groups in total. The highest BCUT2D eigenvalue weighted by Crippen LogP contribution is 2.34. The average molecular weight is 251 g/mol. The summed E-state index contributed by atoms with van der Waals surface area (Å²) in [6, 6.07) is 2.05. The quantitative estimate of drug-likeness (QED) is 0.826. The van der Waals surface area contributed by atoms with Gasteiger partial charge in [0.2, 0.25) is 0 Å². The van der Waals surface area contributed by atoms with E-state index in [0.717, 1.165) is 17.3 Å². The van der Waals surface area contributed by atoms with E-state index in [9.17, 15) is 4.79 Å². The standard InChI is InChI=1S/C11H13N3O2S/c1-6-7(2)13-14-9(8(6)5-12)17-11(3,4)10(15)16/h1-4H3,(H,15,16). The highest BCUT2D eigenvalue weighted by atomic mass is 32.2. The Hall–Kier alpha value is -1.61. The molecule has 1 heterocycles. The second-order valence-corrected chi connectivity index (χ2v) is 5.73. The van der Waals surface area contributed by atoms with Crippen molar-refractivity contribution in [3.05, 3.63) is 16.8 Å². The van der Waals surface area contributed by atoms with Gasteiger partial charge in [-0.15, -0.1) is 5.10 Å². The lowest BCUT2D eigenvalue weighted by Gasteiger charge is -2.18. The first-order valence-corrected chi connectivity index (χ1v) is 5.77. The Kier molecular flexibility index (Phi) is 3.73. The zero-order valence-corrected chi connectivity index (χ0v) is 10.9. The van der Waals surface area contributed by atoms with E-state index >= 15 is 0 Å². The minimum Gasteiger partial charge on any atom is -0.480 e. The molecular weight excluding hydrogens is 238 g/mol. The van der Waals surface area contributed by atoms with Crippen LogP contribution in [0.5, 0.6) is 0 Å². The van der Waals surface area contributed by atoms with Crippen molar-refractivity contribution in [2.75, 3.05) is 0 Å². The van der Waals surface area contributed by atoms with Crippen LogP contribution in [0.4, 0.5) is 0 Å². The topological polar surface area (TPSA) is 86.9 Å². The van der Waals surface area contributed by atoms with Gasteiger partial charge < -0.3 is 5.11 Å². The molecule has 0 saturated carbocycles. The Bertz CT molecular complexity index is 506. The number of nitriles is 1. The van der Waals surface area contributed by atoms with Gasteiger partial charge in [-0.3, -0.25) is 4.79 Å². The number of thioether (sulfide) groups is 1. The minimum absolute atomic E-state index is 0.364. The number of aryl methyl sites for hydroxylation is 1. The highest BCUT2D eigenvalue weighted by molar-refractivity contribution is 8.01. The van der Waals surface area contributed by atoms with Gasteiger partial charge in [0.05, 0.1) is 11.3 Å². The number of rotatable bonds is 3. The molecule has 1 aromatic heterocycles.